The number of halogens is 2. The second kappa shape index (κ2) is 6.72. The molecule has 2 atom stereocenters. The van der Waals surface area contributed by atoms with Crippen molar-refractivity contribution in [3.63, 3.8) is 0 Å². The van der Waals surface area contributed by atoms with Gasteiger partial charge in [-0.15, -0.1) is 0 Å². The molecule has 0 aromatic heterocycles. The van der Waals surface area contributed by atoms with E-state index in [1.165, 1.54) is 25.0 Å². The standard InChI is InChI=1S/C15H16F2N2O4/c1-8(15(22)23-2)18-13(20)10-5-6-19(14(10)21)9-3-4-11(16)12(17)7-9/h3-4,7-8,10H,5-6H2,1-2H3,(H,18,20)/t8-,10-/m0/s1. The van der Waals surface area contributed by atoms with Crippen molar-refractivity contribution >= 4 is 23.5 Å². The molecule has 1 fully saturated rings. The van der Waals surface area contributed by atoms with Crippen LogP contribution in [0.2, 0.25) is 0 Å². The molecule has 124 valence electrons. The molecule has 0 spiro atoms. The van der Waals surface area contributed by atoms with E-state index < -0.39 is 41.4 Å². The van der Waals surface area contributed by atoms with Gasteiger partial charge in [-0.2, -0.15) is 0 Å². The van der Waals surface area contributed by atoms with E-state index in [0.29, 0.717) is 0 Å². The Hall–Kier alpha value is -2.51. The quantitative estimate of drug-likeness (QED) is 0.661. The second-order valence-corrected chi connectivity index (χ2v) is 5.18. The fourth-order valence-corrected chi connectivity index (χ4v) is 2.38. The average Bonchev–Trinajstić information content (AvgIpc) is 2.90. The number of carbonyl (C=O) groups is 3. The van der Waals surface area contributed by atoms with E-state index >= 15 is 0 Å². The maximum absolute atomic E-state index is 13.3. The van der Waals surface area contributed by atoms with Crippen LogP contribution in [0.3, 0.4) is 0 Å². The third-order valence-electron chi connectivity index (χ3n) is 3.65. The molecule has 1 aliphatic rings. The highest BCUT2D eigenvalue weighted by Gasteiger charge is 2.38. The van der Waals surface area contributed by atoms with Crippen molar-refractivity contribution in [3.8, 4) is 0 Å². The fourth-order valence-electron chi connectivity index (χ4n) is 2.38. The molecule has 2 rings (SSSR count). The molecule has 0 aliphatic carbocycles. The SMILES string of the molecule is COC(=O)[C@H](C)NC(=O)[C@@H]1CCN(c2ccc(F)c(F)c2)C1=O. The summed E-state index contributed by atoms with van der Waals surface area (Å²) in [5, 5.41) is 2.40. The Balaban J connectivity index is 2.07. The minimum Gasteiger partial charge on any atom is -0.467 e. The summed E-state index contributed by atoms with van der Waals surface area (Å²) in [6.45, 7) is 1.64. The van der Waals surface area contributed by atoms with E-state index in [1.54, 1.807) is 0 Å². The molecular formula is C15H16F2N2O4. The van der Waals surface area contributed by atoms with Gasteiger partial charge in [-0.25, -0.2) is 13.6 Å². The number of benzene rings is 1. The Morgan fingerprint density at radius 3 is 2.65 bits per heavy atom. The summed E-state index contributed by atoms with van der Waals surface area (Å²) >= 11 is 0. The molecule has 6 nitrogen and oxygen atoms in total. The lowest BCUT2D eigenvalue weighted by atomic mass is 10.1. The Morgan fingerprint density at radius 2 is 2.04 bits per heavy atom. The van der Waals surface area contributed by atoms with Gasteiger partial charge in [0.05, 0.1) is 7.11 Å². The molecule has 1 heterocycles. The average molecular weight is 326 g/mol. The van der Waals surface area contributed by atoms with E-state index in [-0.39, 0.29) is 18.7 Å². The van der Waals surface area contributed by atoms with E-state index in [4.69, 9.17) is 0 Å². The molecule has 1 N–H and O–H groups in total. The van der Waals surface area contributed by atoms with Gasteiger partial charge in [-0.05, 0) is 25.5 Å². The topological polar surface area (TPSA) is 75.7 Å². The first-order valence-corrected chi connectivity index (χ1v) is 6.99. The minimum absolute atomic E-state index is 0.185. The molecule has 0 saturated carbocycles. The van der Waals surface area contributed by atoms with Crippen molar-refractivity contribution in [2.75, 3.05) is 18.6 Å². The highest BCUT2D eigenvalue weighted by Crippen LogP contribution is 2.26. The summed E-state index contributed by atoms with van der Waals surface area (Å²) in [6.07, 6.45) is 0.220. The van der Waals surface area contributed by atoms with Crippen LogP contribution in [0.25, 0.3) is 0 Å². The maximum Gasteiger partial charge on any atom is 0.328 e. The Bertz CT molecular complexity index is 650. The van der Waals surface area contributed by atoms with E-state index in [9.17, 15) is 23.2 Å². The van der Waals surface area contributed by atoms with Gasteiger partial charge in [0, 0.05) is 18.3 Å². The van der Waals surface area contributed by atoms with Gasteiger partial charge in [0.2, 0.25) is 11.8 Å². The number of anilines is 1. The van der Waals surface area contributed by atoms with Crippen molar-refractivity contribution in [1.82, 2.24) is 5.32 Å². The largest absolute Gasteiger partial charge is 0.467 e. The molecular weight excluding hydrogens is 310 g/mol. The number of hydrogen-bond acceptors (Lipinski definition) is 4. The number of amides is 2. The first-order valence-electron chi connectivity index (χ1n) is 6.99. The molecule has 1 saturated heterocycles. The molecule has 0 radical (unpaired) electrons. The van der Waals surface area contributed by atoms with Crippen LogP contribution in [0.4, 0.5) is 14.5 Å². The molecule has 1 aliphatic heterocycles. The third-order valence-corrected chi connectivity index (χ3v) is 3.65. The number of esters is 1. The second-order valence-electron chi connectivity index (χ2n) is 5.18. The predicted octanol–water partition coefficient (Wildman–Crippen LogP) is 0.995. The molecule has 0 bridgehead atoms. The number of carbonyl (C=O) groups excluding carboxylic acids is 3. The van der Waals surface area contributed by atoms with Gasteiger partial charge in [0.1, 0.15) is 12.0 Å². The highest BCUT2D eigenvalue weighted by molar-refractivity contribution is 6.10. The van der Waals surface area contributed by atoms with Crippen LogP contribution in [-0.4, -0.2) is 37.5 Å². The van der Waals surface area contributed by atoms with Crippen LogP contribution in [-0.2, 0) is 19.1 Å². The Kier molecular flexibility index (Phi) is 4.92. The molecule has 23 heavy (non-hydrogen) atoms. The number of hydrogen-bond donors (Lipinski definition) is 1. The zero-order valence-corrected chi connectivity index (χ0v) is 12.6. The number of ether oxygens (including phenoxy) is 1. The number of rotatable bonds is 4. The smallest absolute Gasteiger partial charge is 0.328 e. The van der Waals surface area contributed by atoms with Gasteiger partial charge >= 0.3 is 5.97 Å². The van der Waals surface area contributed by atoms with Crippen LogP contribution in [0.1, 0.15) is 13.3 Å². The molecule has 1 aromatic carbocycles. The predicted molar refractivity (Wildman–Crippen MR) is 76.4 cm³/mol. The first-order chi connectivity index (χ1) is 10.8. The van der Waals surface area contributed by atoms with Crippen LogP contribution in [0, 0.1) is 17.6 Å². The number of nitrogens with zero attached hydrogens (tertiary/aromatic N) is 1. The molecule has 2 amide bonds. The highest BCUT2D eigenvalue weighted by atomic mass is 19.2. The summed E-state index contributed by atoms with van der Waals surface area (Å²) in [5.41, 5.74) is 0.185. The van der Waals surface area contributed by atoms with E-state index in [2.05, 4.69) is 10.1 Å². The summed E-state index contributed by atoms with van der Waals surface area (Å²) in [7, 11) is 1.19. The van der Waals surface area contributed by atoms with Crippen LogP contribution >= 0.6 is 0 Å². The van der Waals surface area contributed by atoms with E-state index in [0.717, 1.165) is 12.1 Å². The van der Waals surface area contributed by atoms with Gasteiger partial charge in [0.15, 0.2) is 11.6 Å². The van der Waals surface area contributed by atoms with Crippen LogP contribution in [0.15, 0.2) is 18.2 Å². The normalized spacial score (nSPS) is 18.7. The molecule has 0 unspecified atom stereocenters. The summed E-state index contributed by atoms with van der Waals surface area (Å²) < 4.78 is 30.7. The van der Waals surface area contributed by atoms with Crippen molar-refractivity contribution < 1.29 is 27.9 Å². The minimum atomic E-state index is -1.07. The van der Waals surface area contributed by atoms with Gasteiger partial charge < -0.3 is 15.0 Å². The Labute approximate surface area is 131 Å². The van der Waals surface area contributed by atoms with Crippen LogP contribution < -0.4 is 10.2 Å². The monoisotopic (exact) mass is 326 g/mol. The zero-order valence-electron chi connectivity index (χ0n) is 12.6. The van der Waals surface area contributed by atoms with E-state index in [1.807, 2.05) is 0 Å². The van der Waals surface area contributed by atoms with Gasteiger partial charge in [-0.1, -0.05) is 0 Å². The molecule has 1 aromatic rings. The van der Waals surface area contributed by atoms with Crippen molar-refractivity contribution in [2.45, 2.75) is 19.4 Å². The van der Waals surface area contributed by atoms with Crippen molar-refractivity contribution in [1.29, 1.82) is 0 Å². The third kappa shape index (κ3) is 3.46. The van der Waals surface area contributed by atoms with Gasteiger partial charge in [0.25, 0.3) is 0 Å². The Morgan fingerprint density at radius 1 is 1.35 bits per heavy atom. The summed E-state index contributed by atoms with van der Waals surface area (Å²) in [5.74, 6) is -4.80. The van der Waals surface area contributed by atoms with Crippen molar-refractivity contribution in [3.05, 3.63) is 29.8 Å². The lowest BCUT2D eigenvalue weighted by molar-refractivity contribution is -0.145. The molecule has 8 heteroatoms. The van der Waals surface area contributed by atoms with Gasteiger partial charge in [-0.3, -0.25) is 9.59 Å². The first kappa shape index (κ1) is 16.9. The van der Waals surface area contributed by atoms with Crippen LogP contribution in [0.5, 0.6) is 0 Å². The summed E-state index contributed by atoms with van der Waals surface area (Å²) in [6, 6.07) is 2.22. The fraction of sp³-hybridized carbons (Fsp3) is 0.400. The number of methoxy groups -OCH3 is 1. The maximum atomic E-state index is 13.3. The number of nitrogens with one attached hydrogen (secondary N) is 1. The lowest BCUT2D eigenvalue weighted by Gasteiger charge is -2.18. The summed E-state index contributed by atoms with van der Waals surface area (Å²) in [4.78, 5) is 36.9. The lowest BCUT2D eigenvalue weighted by Crippen LogP contribution is -2.44. The van der Waals surface area contributed by atoms with Crippen molar-refractivity contribution in [2.24, 2.45) is 5.92 Å². The zero-order chi connectivity index (χ0) is 17.1.